The average molecular weight is 362 g/mol. The molecule has 128 valence electrons. The van der Waals surface area contributed by atoms with Crippen LogP contribution in [0.4, 0.5) is 17.3 Å². The van der Waals surface area contributed by atoms with Crippen LogP contribution in [0, 0.1) is 34.1 Å². The number of carbonyl (C=O) groups is 1. The number of thiazole rings is 1. The molecule has 25 heavy (non-hydrogen) atoms. The second-order valence-electron chi connectivity index (χ2n) is 5.11. The minimum Gasteiger partial charge on any atom is -0.289 e. The number of aryl methyl sites for hydroxylation is 1. The summed E-state index contributed by atoms with van der Waals surface area (Å²) in [4.78, 5) is 37.6. The molecule has 0 unspecified atom stereocenters. The predicted octanol–water partition coefficient (Wildman–Crippen LogP) is 2.48. The Morgan fingerprint density at radius 1 is 1.20 bits per heavy atom. The summed E-state index contributed by atoms with van der Waals surface area (Å²) in [6.07, 6.45) is 0. The Morgan fingerprint density at radius 2 is 1.80 bits per heavy atom. The van der Waals surface area contributed by atoms with Crippen LogP contribution < -0.4 is 5.32 Å². The Morgan fingerprint density at radius 3 is 2.32 bits per heavy atom. The molecule has 2 heterocycles. The molecule has 0 saturated heterocycles. The van der Waals surface area contributed by atoms with Gasteiger partial charge in [-0.2, -0.15) is 4.98 Å². The van der Waals surface area contributed by atoms with Gasteiger partial charge in [-0.15, -0.1) is 16.4 Å². The molecule has 0 spiro atoms. The SMILES string of the molecule is Cc1c([N+](=O)[O-])cc(C(=O)Nc2nc3scc(C)n3n2)cc1[N+](=O)[O-]. The normalized spacial score (nSPS) is 10.8. The molecule has 3 aromatic rings. The van der Waals surface area contributed by atoms with Crippen molar-refractivity contribution in [2.24, 2.45) is 0 Å². The highest BCUT2D eigenvalue weighted by Gasteiger charge is 2.25. The third-order valence-electron chi connectivity index (χ3n) is 3.48. The van der Waals surface area contributed by atoms with E-state index in [2.05, 4.69) is 15.4 Å². The van der Waals surface area contributed by atoms with Crippen LogP contribution in [0.25, 0.3) is 4.96 Å². The van der Waals surface area contributed by atoms with Gasteiger partial charge in [-0.05, 0) is 13.8 Å². The summed E-state index contributed by atoms with van der Waals surface area (Å²) in [6, 6.07) is 1.97. The number of rotatable bonds is 4. The standard InChI is InChI=1S/C13H10N6O5S/c1-6-5-25-13-15-12(16-17(6)13)14-11(20)8-3-9(18(21)22)7(2)10(4-8)19(23)24/h3-5H,1-2H3,(H,14,16,20). The van der Waals surface area contributed by atoms with E-state index in [4.69, 9.17) is 0 Å². The summed E-state index contributed by atoms with van der Waals surface area (Å²) in [6.45, 7) is 3.07. The van der Waals surface area contributed by atoms with Gasteiger partial charge in [0.1, 0.15) is 5.56 Å². The van der Waals surface area contributed by atoms with Gasteiger partial charge >= 0.3 is 0 Å². The fourth-order valence-corrected chi connectivity index (χ4v) is 3.01. The van der Waals surface area contributed by atoms with Crippen molar-refractivity contribution in [2.75, 3.05) is 5.32 Å². The van der Waals surface area contributed by atoms with Crippen LogP contribution in [-0.2, 0) is 0 Å². The van der Waals surface area contributed by atoms with E-state index in [0.717, 1.165) is 17.8 Å². The van der Waals surface area contributed by atoms with Crippen molar-refractivity contribution in [3.63, 3.8) is 0 Å². The molecule has 0 aliphatic heterocycles. The number of aromatic nitrogens is 3. The molecule has 0 radical (unpaired) electrons. The maximum atomic E-state index is 12.3. The van der Waals surface area contributed by atoms with Gasteiger partial charge in [0.2, 0.25) is 4.96 Å². The smallest absolute Gasteiger partial charge is 0.279 e. The first kappa shape index (κ1) is 16.4. The van der Waals surface area contributed by atoms with E-state index in [1.807, 2.05) is 12.3 Å². The number of nitrogens with zero attached hydrogens (tertiary/aromatic N) is 5. The quantitative estimate of drug-likeness (QED) is 0.554. The van der Waals surface area contributed by atoms with Crippen LogP contribution in [0.15, 0.2) is 17.5 Å². The molecule has 11 nitrogen and oxygen atoms in total. The number of hydrogen-bond donors (Lipinski definition) is 1. The van der Waals surface area contributed by atoms with Crippen molar-refractivity contribution in [2.45, 2.75) is 13.8 Å². The number of hydrogen-bond acceptors (Lipinski definition) is 8. The Kier molecular flexibility index (Phi) is 3.88. The van der Waals surface area contributed by atoms with Gasteiger partial charge in [-0.25, -0.2) is 4.52 Å². The lowest BCUT2D eigenvalue weighted by Crippen LogP contribution is -2.14. The molecule has 0 fully saturated rings. The number of nitro benzene ring substituents is 2. The molecule has 1 N–H and O–H groups in total. The molecule has 0 bridgehead atoms. The van der Waals surface area contributed by atoms with Crippen LogP contribution in [0.1, 0.15) is 21.6 Å². The van der Waals surface area contributed by atoms with Crippen molar-refractivity contribution in [1.29, 1.82) is 0 Å². The lowest BCUT2D eigenvalue weighted by Gasteiger charge is -2.04. The van der Waals surface area contributed by atoms with Crippen LogP contribution in [0.5, 0.6) is 0 Å². The first-order valence-electron chi connectivity index (χ1n) is 6.83. The Labute approximate surface area is 143 Å². The number of fused-ring (bicyclic) bond motifs is 1. The summed E-state index contributed by atoms with van der Waals surface area (Å²) in [5.41, 5.74) is -0.528. The lowest BCUT2D eigenvalue weighted by molar-refractivity contribution is -0.395. The lowest BCUT2D eigenvalue weighted by atomic mass is 10.1. The second kappa shape index (κ2) is 5.90. The number of carbonyl (C=O) groups excluding carboxylic acids is 1. The molecule has 1 amide bonds. The summed E-state index contributed by atoms with van der Waals surface area (Å²) >= 11 is 1.33. The highest BCUT2D eigenvalue weighted by Crippen LogP contribution is 2.29. The highest BCUT2D eigenvalue weighted by molar-refractivity contribution is 7.15. The van der Waals surface area contributed by atoms with Gasteiger partial charge in [0, 0.05) is 17.5 Å². The maximum absolute atomic E-state index is 12.3. The molecule has 1 aromatic carbocycles. The second-order valence-corrected chi connectivity index (χ2v) is 5.95. The highest BCUT2D eigenvalue weighted by atomic mass is 32.1. The zero-order valence-electron chi connectivity index (χ0n) is 12.9. The van der Waals surface area contributed by atoms with Crippen molar-refractivity contribution in [3.8, 4) is 0 Å². The first-order chi connectivity index (χ1) is 11.8. The molecule has 3 rings (SSSR count). The van der Waals surface area contributed by atoms with E-state index in [1.165, 1.54) is 22.8 Å². The van der Waals surface area contributed by atoms with E-state index >= 15 is 0 Å². The Bertz CT molecular complexity index is 1000. The van der Waals surface area contributed by atoms with E-state index < -0.39 is 27.1 Å². The molecule has 0 aliphatic carbocycles. The number of nitro groups is 2. The van der Waals surface area contributed by atoms with Crippen molar-refractivity contribution in [3.05, 3.63) is 54.6 Å². The van der Waals surface area contributed by atoms with Crippen molar-refractivity contribution in [1.82, 2.24) is 14.6 Å². The van der Waals surface area contributed by atoms with Crippen LogP contribution in [0.3, 0.4) is 0 Å². The monoisotopic (exact) mass is 362 g/mol. The Hall–Kier alpha value is -3.41. The van der Waals surface area contributed by atoms with Gasteiger partial charge in [-0.1, -0.05) is 0 Å². The zero-order valence-corrected chi connectivity index (χ0v) is 13.7. The minimum absolute atomic E-state index is 0.00540. The largest absolute Gasteiger partial charge is 0.289 e. The molecular formula is C13H10N6O5S. The molecule has 0 aliphatic rings. The molecule has 12 heteroatoms. The van der Waals surface area contributed by atoms with Crippen LogP contribution in [-0.4, -0.2) is 30.4 Å². The van der Waals surface area contributed by atoms with E-state index in [9.17, 15) is 25.0 Å². The molecule has 2 aromatic heterocycles. The zero-order chi connectivity index (χ0) is 18.3. The van der Waals surface area contributed by atoms with Gasteiger partial charge in [0.25, 0.3) is 23.2 Å². The first-order valence-corrected chi connectivity index (χ1v) is 7.71. The third kappa shape index (κ3) is 2.89. The van der Waals surface area contributed by atoms with E-state index in [1.54, 1.807) is 0 Å². The maximum Gasteiger partial charge on any atom is 0.279 e. The van der Waals surface area contributed by atoms with Crippen LogP contribution >= 0.6 is 11.3 Å². The number of benzene rings is 1. The van der Waals surface area contributed by atoms with Gasteiger partial charge in [0.05, 0.1) is 21.1 Å². The molecular weight excluding hydrogens is 352 g/mol. The van der Waals surface area contributed by atoms with Crippen molar-refractivity contribution >= 4 is 39.5 Å². The Balaban J connectivity index is 1.98. The summed E-state index contributed by atoms with van der Waals surface area (Å²) in [5.74, 6) is -0.770. The summed E-state index contributed by atoms with van der Waals surface area (Å²) in [7, 11) is 0. The minimum atomic E-state index is -0.776. The topological polar surface area (TPSA) is 146 Å². The third-order valence-corrected chi connectivity index (χ3v) is 4.41. The molecule has 0 saturated carbocycles. The van der Waals surface area contributed by atoms with Gasteiger partial charge < -0.3 is 0 Å². The van der Waals surface area contributed by atoms with Gasteiger partial charge in [-0.3, -0.25) is 30.3 Å². The summed E-state index contributed by atoms with van der Waals surface area (Å²) < 4.78 is 1.53. The fourth-order valence-electron chi connectivity index (χ4n) is 2.21. The van der Waals surface area contributed by atoms with Gasteiger partial charge in [0.15, 0.2) is 0 Å². The van der Waals surface area contributed by atoms with Crippen molar-refractivity contribution < 1.29 is 14.6 Å². The number of nitrogens with one attached hydrogen (secondary N) is 1. The van der Waals surface area contributed by atoms with Crippen LogP contribution in [0.2, 0.25) is 0 Å². The predicted molar refractivity (Wildman–Crippen MR) is 88.0 cm³/mol. The van der Waals surface area contributed by atoms with E-state index in [-0.39, 0.29) is 17.1 Å². The number of amides is 1. The fraction of sp³-hybridized carbons (Fsp3) is 0.154. The summed E-state index contributed by atoms with van der Waals surface area (Å²) in [5, 5.41) is 30.5. The number of anilines is 1. The molecule has 0 atom stereocenters. The van der Waals surface area contributed by atoms with E-state index in [0.29, 0.717) is 4.96 Å². The average Bonchev–Trinajstić information content (AvgIpc) is 3.08.